The molecule has 1 aliphatic heterocycles. The van der Waals surface area contributed by atoms with Crippen molar-refractivity contribution in [2.24, 2.45) is 0 Å². The highest BCUT2D eigenvalue weighted by atomic mass is 16.2. The van der Waals surface area contributed by atoms with Crippen LogP contribution in [0, 0.1) is 13.8 Å². The van der Waals surface area contributed by atoms with Crippen molar-refractivity contribution in [2.45, 2.75) is 39.7 Å². The highest BCUT2D eigenvalue weighted by Crippen LogP contribution is 2.19. The molecule has 1 unspecified atom stereocenters. The summed E-state index contributed by atoms with van der Waals surface area (Å²) in [6, 6.07) is 0.300. The Morgan fingerprint density at radius 3 is 2.74 bits per heavy atom. The van der Waals surface area contributed by atoms with Crippen LogP contribution in [0.4, 0.5) is 0 Å². The average molecular weight is 264 g/mol. The fourth-order valence-electron chi connectivity index (χ4n) is 2.87. The second kappa shape index (κ2) is 5.74. The molecule has 1 aliphatic rings. The SMILES string of the molecule is CCC1CN(C)CCCN1C(=O)c1c(C)n[nH]c1C. The van der Waals surface area contributed by atoms with Crippen LogP contribution in [0.1, 0.15) is 41.5 Å². The fourth-order valence-corrected chi connectivity index (χ4v) is 2.87. The summed E-state index contributed by atoms with van der Waals surface area (Å²) in [6.45, 7) is 8.81. The standard InChI is InChI=1S/C14H24N4O/c1-5-12-9-17(4)7-6-8-18(12)14(19)13-10(2)15-16-11(13)3/h12H,5-9H2,1-4H3,(H,15,16). The molecule has 1 aromatic rings. The van der Waals surface area contributed by atoms with Gasteiger partial charge >= 0.3 is 0 Å². The van der Waals surface area contributed by atoms with E-state index in [1.165, 1.54) is 0 Å². The summed E-state index contributed by atoms with van der Waals surface area (Å²) in [5, 5.41) is 7.04. The van der Waals surface area contributed by atoms with Crippen molar-refractivity contribution >= 4 is 5.91 Å². The molecule has 106 valence electrons. The molecule has 0 spiro atoms. The molecular weight excluding hydrogens is 240 g/mol. The predicted molar refractivity (Wildman–Crippen MR) is 75.3 cm³/mol. The van der Waals surface area contributed by atoms with Crippen molar-refractivity contribution in [3.63, 3.8) is 0 Å². The van der Waals surface area contributed by atoms with Crippen LogP contribution in [0.5, 0.6) is 0 Å². The van der Waals surface area contributed by atoms with E-state index in [-0.39, 0.29) is 5.91 Å². The number of aromatic amines is 1. The molecule has 1 aromatic heterocycles. The van der Waals surface area contributed by atoms with Crippen molar-refractivity contribution in [1.29, 1.82) is 0 Å². The Bertz CT molecular complexity index is 435. The van der Waals surface area contributed by atoms with Gasteiger partial charge in [0.1, 0.15) is 0 Å². The lowest BCUT2D eigenvalue weighted by Gasteiger charge is -2.30. The zero-order valence-electron chi connectivity index (χ0n) is 12.4. The molecule has 0 aliphatic carbocycles. The summed E-state index contributed by atoms with van der Waals surface area (Å²) >= 11 is 0. The van der Waals surface area contributed by atoms with E-state index in [1.54, 1.807) is 0 Å². The number of likely N-dealkylation sites (N-methyl/N-ethyl adjacent to an activating group) is 1. The van der Waals surface area contributed by atoms with Gasteiger partial charge in [-0.25, -0.2) is 0 Å². The van der Waals surface area contributed by atoms with E-state index >= 15 is 0 Å². The minimum Gasteiger partial charge on any atom is -0.334 e. The number of H-pyrrole nitrogens is 1. The van der Waals surface area contributed by atoms with Crippen molar-refractivity contribution in [2.75, 3.05) is 26.7 Å². The maximum atomic E-state index is 12.8. The maximum absolute atomic E-state index is 12.8. The first-order valence-electron chi connectivity index (χ1n) is 7.05. The molecule has 19 heavy (non-hydrogen) atoms. The highest BCUT2D eigenvalue weighted by molar-refractivity contribution is 5.96. The van der Waals surface area contributed by atoms with Crippen LogP contribution in [0.25, 0.3) is 0 Å². The third-order valence-electron chi connectivity index (χ3n) is 3.98. The van der Waals surface area contributed by atoms with Crippen LogP contribution in [0.2, 0.25) is 0 Å². The van der Waals surface area contributed by atoms with Gasteiger partial charge in [-0.15, -0.1) is 0 Å². The van der Waals surface area contributed by atoms with E-state index in [1.807, 2.05) is 18.7 Å². The van der Waals surface area contributed by atoms with E-state index in [4.69, 9.17) is 0 Å². The zero-order chi connectivity index (χ0) is 14.0. The van der Waals surface area contributed by atoms with Crippen molar-refractivity contribution in [1.82, 2.24) is 20.0 Å². The molecule has 1 atom stereocenters. The Kier molecular flexibility index (Phi) is 4.24. The first kappa shape index (κ1) is 14.1. The van der Waals surface area contributed by atoms with Gasteiger partial charge in [-0.2, -0.15) is 5.10 Å². The lowest BCUT2D eigenvalue weighted by atomic mass is 10.1. The molecule has 2 heterocycles. The first-order chi connectivity index (χ1) is 9.04. The molecule has 2 rings (SSSR count). The number of nitrogens with one attached hydrogen (secondary N) is 1. The van der Waals surface area contributed by atoms with Crippen LogP contribution in [-0.4, -0.2) is 58.6 Å². The van der Waals surface area contributed by atoms with Gasteiger partial charge in [0.25, 0.3) is 5.91 Å². The second-order valence-electron chi connectivity index (χ2n) is 5.49. The van der Waals surface area contributed by atoms with Crippen molar-refractivity contribution in [3.05, 3.63) is 17.0 Å². The Labute approximate surface area is 115 Å². The molecule has 5 heteroatoms. The third-order valence-corrected chi connectivity index (χ3v) is 3.98. The minimum atomic E-state index is 0.130. The smallest absolute Gasteiger partial charge is 0.257 e. The molecular formula is C14H24N4O. The van der Waals surface area contributed by atoms with E-state index in [0.717, 1.165) is 49.4 Å². The molecule has 0 bridgehead atoms. The number of hydrogen-bond acceptors (Lipinski definition) is 3. The van der Waals surface area contributed by atoms with E-state index in [0.29, 0.717) is 6.04 Å². The summed E-state index contributed by atoms with van der Waals surface area (Å²) in [5.41, 5.74) is 2.42. The zero-order valence-corrected chi connectivity index (χ0v) is 12.4. The topological polar surface area (TPSA) is 52.2 Å². The number of aryl methyl sites for hydroxylation is 2. The van der Waals surface area contributed by atoms with Crippen LogP contribution >= 0.6 is 0 Å². The number of nitrogens with zero attached hydrogens (tertiary/aromatic N) is 3. The Morgan fingerprint density at radius 2 is 2.16 bits per heavy atom. The van der Waals surface area contributed by atoms with Crippen molar-refractivity contribution in [3.8, 4) is 0 Å². The van der Waals surface area contributed by atoms with Gasteiger partial charge in [0, 0.05) is 24.8 Å². The van der Waals surface area contributed by atoms with E-state index in [2.05, 4.69) is 29.1 Å². The van der Waals surface area contributed by atoms with Gasteiger partial charge in [0.2, 0.25) is 0 Å². The predicted octanol–water partition coefficient (Wildman–Crippen LogP) is 1.58. The monoisotopic (exact) mass is 264 g/mol. The highest BCUT2D eigenvalue weighted by Gasteiger charge is 2.29. The van der Waals surface area contributed by atoms with Crippen LogP contribution in [0.15, 0.2) is 0 Å². The number of aromatic nitrogens is 2. The first-order valence-corrected chi connectivity index (χ1v) is 7.05. The van der Waals surface area contributed by atoms with Gasteiger partial charge < -0.3 is 9.80 Å². The van der Waals surface area contributed by atoms with Gasteiger partial charge in [-0.05, 0) is 40.3 Å². The number of carbonyl (C=O) groups is 1. The summed E-state index contributed by atoms with van der Waals surface area (Å²) in [7, 11) is 2.13. The Balaban J connectivity index is 2.25. The van der Waals surface area contributed by atoms with Gasteiger partial charge in [0.15, 0.2) is 0 Å². The Morgan fingerprint density at radius 1 is 1.42 bits per heavy atom. The van der Waals surface area contributed by atoms with E-state index in [9.17, 15) is 4.79 Å². The molecule has 0 radical (unpaired) electrons. The van der Waals surface area contributed by atoms with E-state index < -0.39 is 0 Å². The van der Waals surface area contributed by atoms with Gasteiger partial charge in [-0.3, -0.25) is 9.89 Å². The van der Waals surface area contributed by atoms with Crippen LogP contribution in [-0.2, 0) is 0 Å². The normalized spacial score (nSPS) is 21.5. The number of carbonyl (C=O) groups excluding carboxylic acids is 1. The lowest BCUT2D eigenvalue weighted by Crippen LogP contribution is -2.43. The maximum Gasteiger partial charge on any atom is 0.257 e. The number of hydrogen-bond donors (Lipinski definition) is 1. The summed E-state index contributed by atoms with van der Waals surface area (Å²) < 4.78 is 0. The molecule has 1 fully saturated rings. The summed E-state index contributed by atoms with van der Waals surface area (Å²) in [5.74, 6) is 0.130. The number of rotatable bonds is 2. The second-order valence-corrected chi connectivity index (χ2v) is 5.49. The molecule has 1 saturated heterocycles. The average Bonchev–Trinajstić information content (AvgIpc) is 2.61. The van der Waals surface area contributed by atoms with Gasteiger partial charge in [0.05, 0.1) is 11.3 Å². The summed E-state index contributed by atoms with van der Waals surface area (Å²) in [6.07, 6.45) is 2.03. The van der Waals surface area contributed by atoms with Crippen LogP contribution in [0.3, 0.4) is 0 Å². The molecule has 1 N–H and O–H groups in total. The van der Waals surface area contributed by atoms with Crippen molar-refractivity contribution < 1.29 is 4.79 Å². The lowest BCUT2D eigenvalue weighted by molar-refractivity contribution is 0.0674. The number of amides is 1. The van der Waals surface area contributed by atoms with Gasteiger partial charge in [-0.1, -0.05) is 6.92 Å². The fraction of sp³-hybridized carbons (Fsp3) is 0.714. The largest absolute Gasteiger partial charge is 0.334 e. The minimum absolute atomic E-state index is 0.130. The molecule has 0 aromatic carbocycles. The Hall–Kier alpha value is -1.36. The summed E-state index contributed by atoms with van der Waals surface area (Å²) in [4.78, 5) is 17.1. The quantitative estimate of drug-likeness (QED) is 0.882. The molecule has 0 saturated carbocycles. The third kappa shape index (κ3) is 2.81. The molecule has 5 nitrogen and oxygen atoms in total. The molecule has 1 amide bonds. The van der Waals surface area contributed by atoms with Crippen LogP contribution < -0.4 is 0 Å².